The Balaban J connectivity index is 1.15. The predicted octanol–water partition coefficient (Wildman–Crippen LogP) is 4.46. The van der Waals surface area contributed by atoms with Crippen LogP contribution in [-0.4, -0.2) is 68.3 Å². The molecule has 2 aliphatic heterocycles. The predicted molar refractivity (Wildman–Crippen MR) is 148 cm³/mol. The number of hydrogen-bond donors (Lipinski definition) is 0. The van der Waals surface area contributed by atoms with Gasteiger partial charge in [-0.05, 0) is 63.5 Å². The van der Waals surface area contributed by atoms with Crippen molar-refractivity contribution < 1.29 is 23.4 Å². The molecular formula is C30H33FN6O4. The van der Waals surface area contributed by atoms with Crippen molar-refractivity contribution in [2.45, 2.75) is 57.4 Å². The average molecular weight is 561 g/mol. The van der Waals surface area contributed by atoms with Crippen LogP contribution in [-0.2, 0) is 22.6 Å². The standard InChI is InChI=1S/C30H33FN6O4/c1-19(28-34-25-6-7-26(30(38)39-2)35-29(25)37(28)17-22-11-15-40-22)36-13-9-20(10-14-36)24-4-3-5-27(33-24)41-18-21-8-12-32-16-23(21)31/h3-8,12,16,19-20,22H,9-11,13-15,17-18H2,1-2H3/t19?,22-/m0/s1. The van der Waals surface area contributed by atoms with Crippen LogP contribution in [0.3, 0.4) is 0 Å². The van der Waals surface area contributed by atoms with E-state index in [9.17, 15) is 9.18 Å². The van der Waals surface area contributed by atoms with E-state index in [1.54, 1.807) is 24.4 Å². The van der Waals surface area contributed by atoms with Crippen LogP contribution in [0.15, 0.2) is 48.8 Å². The number of rotatable bonds is 9. The van der Waals surface area contributed by atoms with Gasteiger partial charge in [-0.2, -0.15) is 0 Å². The Morgan fingerprint density at radius 1 is 1.12 bits per heavy atom. The molecule has 0 amide bonds. The van der Waals surface area contributed by atoms with Crippen molar-refractivity contribution in [2.24, 2.45) is 0 Å². The topological polar surface area (TPSA) is 104 Å². The minimum atomic E-state index is -0.469. The third-order valence-electron chi connectivity index (χ3n) is 8.04. The molecule has 0 aromatic carbocycles. The average Bonchev–Trinajstić information content (AvgIpc) is 3.35. The molecule has 6 rings (SSSR count). The maximum absolute atomic E-state index is 13.9. The number of aromatic nitrogens is 5. The summed E-state index contributed by atoms with van der Waals surface area (Å²) in [5, 5.41) is 0. The van der Waals surface area contributed by atoms with Crippen LogP contribution in [0, 0.1) is 5.82 Å². The summed E-state index contributed by atoms with van der Waals surface area (Å²) in [7, 11) is 1.35. The third-order valence-corrected chi connectivity index (χ3v) is 8.04. The van der Waals surface area contributed by atoms with Crippen LogP contribution in [0.5, 0.6) is 5.88 Å². The number of hydrogen-bond acceptors (Lipinski definition) is 9. The zero-order chi connectivity index (χ0) is 28.3. The molecule has 0 bridgehead atoms. The zero-order valence-electron chi connectivity index (χ0n) is 23.2. The van der Waals surface area contributed by atoms with Gasteiger partial charge >= 0.3 is 5.97 Å². The lowest BCUT2D eigenvalue weighted by Crippen LogP contribution is -2.37. The number of fused-ring (bicyclic) bond motifs is 1. The fourth-order valence-electron chi connectivity index (χ4n) is 5.53. The van der Waals surface area contributed by atoms with Gasteiger partial charge in [0.05, 0.1) is 32.0 Å². The fourth-order valence-corrected chi connectivity index (χ4v) is 5.53. The van der Waals surface area contributed by atoms with E-state index in [4.69, 9.17) is 24.2 Å². The van der Waals surface area contributed by atoms with Crippen molar-refractivity contribution in [3.05, 3.63) is 77.4 Å². The van der Waals surface area contributed by atoms with Gasteiger partial charge in [-0.1, -0.05) is 6.07 Å². The van der Waals surface area contributed by atoms with Crippen molar-refractivity contribution in [3.63, 3.8) is 0 Å². The number of halogens is 1. The summed E-state index contributed by atoms with van der Waals surface area (Å²) in [6, 6.07) is 10.9. The second-order valence-electron chi connectivity index (χ2n) is 10.5. The van der Waals surface area contributed by atoms with Crippen LogP contribution in [0.4, 0.5) is 4.39 Å². The number of nitrogens with zero attached hydrogens (tertiary/aromatic N) is 6. The van der Waals surface area contributed by atoms with E-state index in [-0.39, 0.29) is 24.4 Å². The molecule has 4 aromatic rings. The maximum Gasteiger partial charge on any atom is 0.356 e. The Kier molecular flexibility index (Phi) is 7.89. The summed E-state index contributed by atoms with van der Waals surface area (Å²) in [6.07, 6.45) is 5.72. The van der Waals surface area contributed by atoms with Gasteiger partial charge in [-0.15, -0.1) is 0 Å². The number of piperidine rings is 1. The highest BCUT2D eigenvalue weighted by Gasteiger charge is 2.30. The van der Waals surface area contributed by atoms with Gasteiger partial charge in [0.25, 0.3) is 0 Å². The SMILES string of the molecule is COC(=O)c1ccc2nc(C(C)N3CCC(c4cccc(OCc5ccncc5F)n4)CC3)n(C[C@@H]3CCO3)c2n1. The molecule has 41 heavy (non-hydrogen) atoms. The summed E-state index contributed by atoms with van der Waals surface area (Å²) < 4.78 is 32.4. The van der Waals surface area contributed by atoms with Gasteiger partial charge in [0, 0.05) is 36.0 Å². The summed E-state index contributed by atoms with van der Waals surface area (Å²) in [4.78, 5) is 32.7. The number of imidazole rings is 1. The minimum Gasteiger partial charge on any atom is -0.473 e. The van der Waals surface area contributed by atoms with Gasteiger partial charge in [-0.25, -0.2) is 24.1 Å². The molecule has 2 fully saturated rings. The molecule has 11 heteroatoms. The van der Waals surface area contributed by atoms with Crippen molar-refractivity contribution in [3.8, 4) is 5.88 Å². The summed E-state index contributed by atoms with van der Waals surface area (Å²) >= 11 is 0. The quantitative estimate of drug-likeness (QED) is 0.275. The van der Waals surface area contributed by atoms with Crippen molar-refractivity contribution >= 4 is 17.1 Å². The molecule has 2 atom stereocenters. The van der Waals surface area contributed by atoms with Crippen molar-refractivity contribution in [2.75, 3.05) is 26.8 Å². The molecule has 10 nitrogen and oxygen atoms in total. The third kappa shape index (κ3) is 5.77. The van der Waals surface area contributed by atoms with E-state index in [1.807, 2.05) is 18.2 Å². The molecule has 0 radical (unpaired) electrons. The Hall–Kier alpha value is -3.96. The Labute approximate surface area is 237 Å². The number of pyridine rings is 3. The summed E-state index contributed by atoms with van der Waals surface area (Å²) in [6.45, 7) is 5.44. The van der Waals surface area contributed by atoms with Crippen molar-refractivity contribution in [1.82, 2.24) is 29.4 Å². The van der Waals surface area contributed by atoms with Crippen LogP contribution in [0.1, 0.15) is 65.7 Å². The Morgan fingerprint density at radius 3 is 2.68 bits per heavy atom. The molecule has 2 aliphatic rings. The van der Waals surface area contributed by atoms with Crippen molar-refractivity contribution in [1.29, 1.82) is 0 Å². The first-order valence-electron chi connectivity index (χ1n) is 14.0. The molecular weight excluding hydrogens is 527 g/mol. The van der Waals surface area contributed by atoms with Crippen LogP contribution < -0.4 is 4.74 Å². The van der Waals surface area contributed by atoms with Gasteiger partial charge in [-0.3, -0.25) is 9.88 Å². The first-order chi connectivity index (χ1) is 20.0. The number of ether oxygens (including phenoxy) is 3. The summed E-state index contributed by atoms with van der Waals surface area (Å²) in [5.74, 6) is 0.842. The molecule has 214 valence electrons. The van der Waals surface area contributed by atoms with Gasteiger partial charge in [0.1, 0.15) is 23.8 Å². The first-order valence-corrected chi connectivity index (χ1v) is 14.0. The number of carbonyl (C=O) groups is 1. The van der Waals surface area contributed by atoms with E-state index < -0.39 is 11.8 Å². The molecule has 0 spiro atoms. The molecule has 0 saturated carbocycles. The lowest BCUT2D eigenvalue weighted by Gasteiger charge is -2.36. The molecule has 2 saturated heterocycles. The second kappa shape index (κ2) is 11.9. The lowest BCUT2D eigenvalue weighted by molar-refractivity contribution is -0.0595. The van der Waals surface area contributed by atoms with Gasteiger partial charge in [0.15, 0.2) is 11.3 Å². The second-order valence-corrected chi connectivity index (χ2v) is 10.5. The number of carbonyl (C=O) groups excluding carboxylic acids is 1. The Morgan fingerprint density at radius 2 is 1.95 bits per heavy atom. The van der Waals surface area contributed by atoms with E-state index in [0.717, 1.165) is 56.0 Å². The molecule has 6 heterocycles. The number of esters is 1. The normalized spacial score (nSPS) is 18.7. The van der Waals surface area contributed by atoms with Gasteiger partial charge < -0.3 is 18.8 Å². The lowest BCUT2D eigenvalue weighted by atomic mass is 9.92. The minimum absolute atomic E-state index is 0.0460. The van der Waals surface area contributed by atoms with Gasteiger partial charge in [0.2, 0.25) is 5.88 Å². The van der Waals surface area contributed by atoms with E-state index >= 15 is 0 Å². The zero-order valence-corrected chi connectivity index (χ0v) is 23.2. The highest BCUT2D eigenvalue weighted by molar-refractivity contribution is 5.89. The molecule has 1 unspecified atom stereocenters. The van der Waals surface area contributed by atoms with Crippen LogP contribution in [0.2, 0.25) is 0 Å². The highest BCUT2D eigenvalue weighted by Crippen LogP contribution is 2.33. The fraction of sp³-hybridized carbons (Fsp3) is 0.433. The smallest absolute Gasteiger partial charge is 0.356 e. The highest BCUT2D eigenvalue weighted by atomic mass is 19.1. The van der Waals surface area contributed by atoms with E-state index in [0.29, 0.717) is 29.6 Å². The first kappa shape index (κ1) is 27.2. The molecule has 4 aromatic heterocycles. The number of methoxy groups -OCH3 is 1. The number of likely N-dealkylation sites (tertiary alicyclic amines) is 1. The maximum atomic E-state index is 13.9. The van der Waals surface area contributed by atoms with E-state index in [2.05, 4.69) is 26.4 Å². The molecule has 0 aliphatic carbocycles. The van der Waals surface area contributed by atoms with E-state index in [1.165, 1.54) is 13.3 Å². The largest absolute Gasteiger partial charge is 0.473 e. The molecule has 0 N–H and O–H groups in total. The summed E-state index contributed by atoms with van der Waals surface area (Å²) in [5.41, 5.74) is 3.12. The van der Waals surface area contributed by atoms with Crippen LogP contribution in [0.25, 0.3) is 11.2 Å². The Bertz CT molecular complexity index is 1530. The van der Waals surface area contributed by atoms with Crippen LogP contribution >= 0.6 is 0 Å². The monoisotopic (exact) mass is 560 g/mol.